The first kappa shape index (κ1) is 19.4. The molecule has 2 N–H and O–H groups in total. The van der Waals surface area contributed by atoms with Gasteiger partial charge in [0.25, 0.3) is 15.7 Å². The Labute approximate surface area is 151 Å². The van der Waals surface area contributed by atoms with E-state index in [2.05, 4.69) is 10.0 Å². The van der Waals surface area contributed by atoms with Crippen LogP contribution in [0.1, 0.15) is 23.6 Å². The maximum Gasteiger partial charge on any atom is 0.271 e. The summed E-state index contributed by atoms with van der Waals surface area (Å²) < 4.78 is 28.1. The first-order valence-corrected chi connectivity index (χ1v) is 9.17. The number of amides is 1. The number of nitrogens with zero attached hydrogens (tertiary/aromatic N) is 1. The van der Waals surface area contributed by atoms with Gasteiger partial charge in [-0.15, -0.1) is 0 Å². The van der Waals surface area contributed by atoms with Gasteiger partial charge in [0.05, 0.1) is 15.5 Å². The Morgan fingerprint density at radius 1 is 1.08 bits per heavy atom. The fourth-order valence-corrected chi connectivity index (χ4v) is 3.92. The van der Waals surface area contributed by atoms with Crippen LogP contribution in [0.3, 0.4) is 0 Å². The molecule has 0 saturated heterocycles. The number of nitrogens with one attached hydrogen (secondary N) is 2. The largest absolute Gasteiger partial charge is 0.326 e. The molecule has 2 rings (SSSR count). The minimum atomic E-state index is -4.06. The number of non-ortho nitro benzene ring substituents is 1. The van der Waals surface area contributed by atoms with E-state index in [1.54, 1.807) is 39.0 Å². The van der Waals surface area contributed by atoms with Crippen molar-refractivity contribution in [3.63, 3.8) is 0 Å². The summed E-state index contributed by atoms with van der Waals surface area (Å²) in [6.07, 6.45) is 0. The minimum Gasteiger partial charge on any atom is -0.326 e. The SMILES string of the molecule is CC(=O)Nc1cccc(NS(=O)(=O)c2cc([N+](=O)[O-])cc(C)c2C)c1C. The molecule has 0 radical (unpaired) electrons. The van der Waals surface area contributed by atoms with Gasteiger partial charge >= 0.3 is 0 Å². The zero-order valence-electron chi connectivity index (χ0n) is 14.8. The van der Waals surface area contributed by atoms with Gasteiger partial charge in [0.15, 0.2) is 0 Å². The standard InChI is InChI=1S/C17H19N3O5S/c1-10-8-14(20(22)23)9-17(11(10)2)26(24,25)19-16-7-5-6-15(12(16)3)18-13(4)21/h5-9,19H,1-4H3,(H,18,21). The van der Waals surface area contributed by atoms with Crippen molar-refractivity contribution in [1.29, 1.82) is 0 Å². The second-order valence-electron chi connectivity index (χ2n) is 5.91. The summed E-state index contributed by atoms with van der Waals surface area (Å²) >= 11 is 0. The molecule has 0 aliphatic carbocycles. The van der Waals surface area contributed by atoms with Crippen molar-refractivity contribution in [2.24, 2.45) is 0 Å². The van der Waals surface area contributed by atoms with Crippen LogP contribution in [0.15, 0.2) is 35.2 Å². The Balaban J connectivity index is 2.51. The van der Waals surface area contributed by atoms with Gasteiger partial charge < -0.3 is 5.32 Å². The molecule has 9 heteroatoms. The number of sulfonamides is 1. The molecule has 26 heavy (non-hydrogen) atoms. The van der Waals surface area contributed by atoms with Crippen LogP contribution in [-0.2, 0) is 14.8 Å². The Hall–Kier alpha value is -2.94. The smallest absolute Gasteiger partial charge is 0.271 e. The molecular weight excluding hydrogens is 358 g/mol. The molecule has 0 unspecified atom stereocenters. The summed E-state index contributed by atoms with van der Waals surface area (Å²) in [5, 5.41) is 13.7. The van der Waals surface area contributed by atoms with E-state index in [-0.39, 0.29) is 22.2 Å². The zero-order chi connectivity index (χ0) is 19.6. The Morgan fingerprint density at radius 3 is 2.27 bits per heavy atom. The van der Waals surface area contributed by atoms with E-state index in [4.69, 9.17) is 0 Å². The molecule has 0 aliphatic rings. The summed E-state index contributed by atoms with van der Waals surface area (Å²) in [5.74, 6) is -0.279. The lowest BCUT2D eigenvalue weighted by molar-refractivity contribution is -0.385. The van der Waals surface area contributed by atoms with Crippen LogP contribution in [0.5, 0.6) is 0 Å². The molecule has 0 atom stereocenters. The highest BCUT2D eigenvalue weighted by Gasteiger charge is 2.23. The van der Waals surface area contributed by atoms with Gasteiger partial charge in [-0.25, -0.2) is 8.42 Å². The van der Waals surface area contributed by atoms with Crippen LogP contribution in [0.4, 0.5) is 17.1 Å². The van der Waals surface area contributed by atoms with Crippen LogP contribution in [0.2, 0.25) is 0 Å². The molecule has 0 spiro atoms. The molecule has 0 fully saturated rings. The first-order valence-electron chi connectivity index (χ1n) is 7.68. The van der Waals surface area contributed by atoms with Gasteiger partial charge in [0.1, 0.15) is 0 Å². The van der Waals surface area contributed by atoms with Crippen LogP contribution in [0.25, 0.3) is 0 Å². The Bertz CT molecular complexity index is 1000. The average molecular weight is 377 g/mol. The monoisotopic (exact) mass is 377 g/mol. The quantitative estimate of drug-likeness (QED) is 0.612. The number of carbonyl (C=O) groups is 1. The molecule has 8 nitrogen and oxygen atoms in total. The van der Waals surface area contributed by atoms with E-state index in [1.165, 1.54) is 13.0 Å². The van der Waals surface area contributed by atoms with Gasteiger partial charge in [0.2, 0.25) is 5.91 Å². The third-order valence-corrected chi connectivity index (χ3v) is 5.49. The number of rotatable bonds is 5. The fraction of sp³-hybridized carbons (Fsp3) is 0.235. The van der Waals surface area contributed by atoms with Gasteiger partial charge in [-0.2, -0.15) is 0 Å². The average Bonchev–Trinajstić information content (AvgIpc) is 2.52. The topological polar surface area (TPSA) is 118 Å². The molecular formula is C17H19N3O5S. The van der Waals surface area contributed by atoms with E-state index in [0.29, 0.717) is 22.4 Å². The van der Waals surface area contributed by atoms with Crippen molar-refractivity contribution in [2.45, 2.75) is 32.6 Å². The van der Waals surface area contributed by atoms with Crippen LogP contribution >= 0.6 is 0 Å². The summed E-state index contributed by atoms with van der Waals surface area (Å²) in [6.45, 7) is 6.22. The number of carbonyl (C=O) groups excluding carboxylic acids is 1. The molecule has 1 amide bonds. The number of hydrogen-bond acceptors (Lipinski definition) is 5. The third-order valence-electron chi connectivity index (χ3n) is 3.99. The van der Waals surface area contributed by atoms with E-state index in [0.717, 1.165) is 6.07 Å². The fourth-order valence-electron chi connectivity index (χ4n) is 2.46. The molecule has 0 heterocycles. The van der Waals surface area contributed by atoms with E-state index >= 15 is 0 Å². The normalized spacial score (nSPS) is 11.1. The Morgan fingerprint density at radius 2 is 1.69 bits per heavy atom. The lowest BCUT2D eigenvalue weighted by Gasteiger charge is -2.15. The molecule has 0 aromatic heterocycles. The number of hydrogen-bond donors (Lipinski definition) is 2. The molecule has 2 aromatic carbocycles. The molecule has 2 aromatic rings. The molecule has 0 aliphatic heterocycles. The van der Waals surface area contributed by atoms with Gasteiger partial charge in [0, 0.05) is 24.7 Å². The zero-order valence-corrected chi connectivity index (χ0v) is 15.6. The van der Waals surface area contributed by atoms with Crippen molar-refractivity contribution in [3.8, 4) is 0 Å². The highest BCUT2D eigenvalue weighted by molar-refractivity contribution is 7.92. The molecule has 138 valence electrons. The second-order valence-corrected chi connectivity index (χ2v) is 7.56. The number of aryl methyl sites for hydroxylation is 1. The molecule has 0 saturated carbocycles. The van der Waals surface area contributed by atoms with Crippen molar-refractivity contribution in [3.05, 3.63) is 57.1 Å². The van der Waals surface area contributed by atoms with Crippen LogP contribution < -0.4 is 10.0 Å². The molecule has 0 bridgehead atoms. The van der Waals surface area contributed by atoms with Crippen molar-refractivity contribution >= 4 is 33.0 Å². The second kappa shape index (κ2) is 7.12. The number of nitro groups is 1. The van der Waals surface area contributed by atoms with Crippen molar-refractivity contribution < 1.29 is 18.1 Å². The van der Waals surface area contributed by atoms with Crippen molar-refractivity contribution in [1.82, 2.24) is 0 Å². The maximum absolute atomic E-state index is 12.8. The summed E-state index contributed by atoms with van der Waals surface area (Å²) in [7, 11) is -4.06. The van der Waals surface area contributed by atoms with Crippen LogP contribution in [0, 0.1) is 30.9 Å². The number of benzene rings is 2. The summed E-state index contributed by atoms with van der Waals surface area (Å²) in [6, 6.07) is 7.17. The lowest BCUT2D eigenvalue weighted by atomic mass is 10.1. The third kappa shape index (κ3) is 3.99. The first-order chi connectivity index (χ1) is 12.0. The van der Waals surface area contributed by atoms with Gasteiger partial charge in [-0.3, -0.25) is 19.6 Å². The maximum atomic E-state index is 12.8. The van der Waals surface area contributed by atoms with Gasteiger partial charge in [-0.05, 0) is 49.6 Å². The van der Waals surface area contributed by atoms with Crippen molar-refractivity contribution in [2.75, 3.05) is 10.0 Å². The Kier molecular flexibility index (Phi) is 5.31. The highest BCUT2D eigenvalue weighted by atomic mass is 32.2. The number of nitro benzene ring substituents is 1. The van der Waals surface area contributed by atoms with Gasteiger partial charge in [-0.1, -0.05) is 6.07 Å². The predicted octanol–water partition coefficient (Wildman–Crippen LogP) is 3.28. The van der Waals surface area contributed by atoms with E-state index in [9.17, 15) is 23.3 Å². The lowest BCUT2D eigenvalue weighted by Crippen LogP contribution is -2.16. The van der Waals surface area contributed by atoms with E-state index in [1.807, 2.05) is 0 Å². The minimum absolute atomic E-state index is 0.159. The van der Waals surface area contributed by atoms with Crippen LogP contribution in [-0.4, -0.2) is 19.2 Å². The summed E-state index contributed by atoms with van der Waals surface area (Å²) in [4.78, 5) is 21.5. The van der Waals surface area contributed by atoms with E-state index < -0.39 is 14.9 Å². The highest BCUT2D eigenvalue weighted by Crippen LogP contribution is 2.29. The summed E-state index contributed by atoms with van der Waals surface area (Å²) in [5.41, 5.74) is 1.93. The number of anilines is 2. The predicted molar refractivity (Wildman–Crippen MR) is 98.9 cm³/mol.